The summed E-state index contributed by atoms with van der Waals surface area (Å²) in [5, 5.41) is 9.41. The molecule has 0 bridgehead atoms. The van der Waals surface area contributed by atoms with Gasteiger partial charge in [-0.05, 0) is 37.3 Å². The molecular weight excluding hydrogens is 302 g/mol. The first-order valence-electron chi connectivity index (χ1n) is 6.72. The maximum absolute atomic E-state index is 11.9. The van der Waals surface area contributed by atoms with E-state index in [1.165, 1.54) is 0 Å². The zero-order valence-corrected chi connectivity index (χ0v) is 12.5. The molecule has 1 aromatic heterocycles. The van der Waals surface area contributed by atoms with E-state index in [1.54, 1.807) is 34.9 Å². The average Bonchev–Trinajstić information content (AvgIpc) is 2.82. The number of para-hydroxylation sites is 1. The quantitative estimate of drug-likeness (QED) is 0.802. The summed E-state index contributed by atoms with van der Waals surface area (Å²) in [5.41, 5.74) is 1.62. The minimum absolute atomic E-state index is 0.183. The lowest BCUT2D eigenvalue weighted by Crippen LogP contribution is -2.15. The summed E-state index contributed by atoms with van der Waals surface area (Å²) < 4.78 is 7.45. The lowest BCUT2D eigenvalue weighted by molar-refractivity contribution is 0.484. The highest BCUT2D eigenvalue weighted by Gasteiger charge is 2.12. The average molecular weight is 314 g/mol. The number of hydrogen-bond acceptors (Lipinski definition) is 3. The van der Waals surface area contributed by atoms with Crippen LogP contribution in [-0.4, -0.2) is 9.55 Å². The number of aromatic amines is 1. The number of halogens is 1. The molecule has 0 amide bonds. The van der Waals surface area contributed by atoms with Gasteiger partial charge in [-0.15, -0.1) is 0 Å². The molecule has 0 saturated carbocycles. The standard InChI is InChI=1S/C16H12ClN3O2/c1-2-20-15-13(19-16(20)21)4-3-5-14(15)22-12-7-10(9-18)6-11(17)8-12/h3-8H,2H2,1H3,(H,19,21). The molecule has 22 heavy (non-hydrogen) atoms. The number of imidazole rings is 1. The topological polar surface area (TPSA) is 70.8 Å². The summed E-state index contributed by atoms with van der Waals surface area (Å²) in [6.45, 7) is 2.41. The minimum atomic E-state index is -0.183. The molecule has 0 spiro atoms. The van der Waals surface area contributed by atoms with E-state index in [0.29, 0.717) is 39.7 Å². The molecule has 0 aliphatic carbocycles. The van der Waals surface area contributed by atoms with Crippen molar-refractivity contribution in [3.8, 4) is 17.6 Å². The van der Waals surface area contributed by atoms with Crippen LogP contribution in [0.25, 0.3) is 11.0 Å². The van der Waals surface area contributed by atoms with Crippen LogP contribution in [0.5, 0.6) is 11.5 Å². The van der Waals surface area contributed by atoms with Gasteiger partial charge in [0.05, 0.1) is 17.1 Å². The van der Waals surface area contributed by atoms with Crippen LogP contribution >= 0.6 is 11.6 Å². The molecule has 2 aromatic carbocycles. The Morgan fingerprint density at radius 3 is 2.91 bits per heavy atom. The van der Waals surface area contributed by atoms with E-state index in [1.807, 2.05) is 19.1 Å². The number of ether oxygens (including phenoxy) is 1. The number of benzene rings is 2. The normalized spacial score (nSPS) is 10.6. The molecule has 0 atom stereocenters. The largest absolute Gasteiger partial charge is 0.455 e. The van der Waals surface area contributed by atoms with Gasteiger partial charge in [-0.3, -0.25) is 4.57 Å². The van der Waals surface area contributed by atoms with Crippen LogP contribution in [0, 0.1) is 11.3 Å². The van der Waals surface area contributed by atoms with Crippen molar-refractivity contribution >= 4 is 22.6 Å². The third kappa shape index (κ3) is 2.45. The van der Waals surface area contributed by atoms with E-state index < -0.39 is 0 Å². The van der Waals surface area contributed by atoms with E-state index in [2.05, 4.69) is 4.98 Å². The highest BCUT2D eigenvalue weighted by atomic mass is 35.5. The van der Waals surface area contributed by atoms with Gasteiger partial charge in [0.15, 0.2) is 5.75 Å². The van der Waals surface area contributed by atoms with Gasteiger partial charge in [0, 0.05) is 11.6 Å². The number of aryl methyl sites for hydroxylation is 1. The van der Waals surface area contributed by atoms with Crippen LogP contribution in [0.4, 0.5) is 0 Å². The summed E-state index contributed by atoms with van der Waals surface area (Å²) in [7, 11) is 0. The highest BCUT2D eigenvalue weighted by molar-refractivity contribution is 6.30. The van der Waals surface area contributed by atoms with Gasteiger partial charge in [0.25, 0.3) is 0 Å². The Morgan fingerprint density at radius 1 is 1.36 bits per heavy atom. The molecule has 5 nitrogen and oxygen atoms in total. The van der Waals surface area contributed by atoms with Gasteiger partial charge < -0.3 is 9.72 Å². The Labute approximate surface area is 131 Å². The Bertz CT molecular complexity index is 950. The Balaban J connectivity index is 2.14. The molecule has 0 fully saturated rings. The monoisotopic (exact) mass is 313 g/mol. The second-order valence-corrected chi connectivity index (χ2v) is 5.15. The second-order valence-electron chi connectivity index (χ2n) is 4.72. The van der Waals surface area contributed by atoms with Crippen LogP contribution in [-0.2, 0) is 6.54 Å². The molecule has 0 aliphatic rings. The third-order valence-electron chi connectivity index (χ3n) is 3.30. The first kappa shape index (κ1) is 14.2. The Hall–Kier alpha value is -2.71. The molecule has 6 heteroatoms. The Morgan fingerprint density at radius 2 is 2.18 bits per heavy atom. The van der Waals surface area contributed by atoms with Crippen molar-refractivity contribution in [2.45, 2.75) is 13.5 Å². The van der Waals surface area contributed by atoms with Crippen molar-refractivity contribution in [3.05, 3.63) is 57.5 Å². The van der Waals surface area contributed by atoms with Crippen molar-refractivity contribution in [2.75, 3.05) is 0 Å². The number of nitriles is 1. The highest BCUT2D eigenvalue weighted by Crippen LogP contribution is 2.30. The Kier molecular flexibility index (Phi) is 3.61. The van der Waals surface area contributed by atoms with Gasteiger partial charge in [-0.1, -0.05) is 17.7 Å². The summed E-state index contributed by atoms with van der Waals surface area (Å²) in [6.07, 6.45) is 0. The van der Waals surface area contributed by atoms with Crippen LogP contribution in [0.2, 0.25) is 5.02 Å². The summed E-state index contributed by atoms with van der Waals surface area (Å²) in [4.78, 5) is 14.7. The SMILES string of the molecule is CCn1c(=O)[nH]c2cccc(Oc3cc(Cl)cc(C#N)c3)c21. The zero-order chi connectivity index (χ0) is 15.7. The van der Waals surface area contributed by atoms with Crippen molar-refractivity contribution < 1.29 is 4.74 Å². The van der Waals surface area contributed by atoms with Crippen molar-refractivity contribution in [1.29, 1.82) is 5.26 Å². The minimum Gasteiger partial charge on any atom is -0.455 e. The number of rotatable bonds is 3. The molecule has 1 heterocycles. The fourth-order valence-corrected chi connectivity index (χ4v) is 2.61. The third-order valence-corrected chi connectivity index (χ3v) is 3.52. The van der Waals surface area contributed by atoms with Crippen molar-refractivity contribution in [2.24, 2.45) is 0 Å². The summed E-state index contributed by atoms with van der Waals surface area (Å²) in [5.74, 6) is 0.983. The molecule has 110 valence electrons. The zero-order valence-electron chi connectivity index (χ0n) is 11.8. The lowest BCUT2D eigenvalue weighted by Gasteiger charge is -2.09. The van der Waals surface area contributed by atoms with Crippen molar-refractivity contribution in [3.63, 3.8) is 0 Å². The first-order valence-corrected chi connectivity index (χ1v) is 7.10. The molecule has 3 aromatic rings. The van der Waals surface area contributed by atoms with Crippen LogP contribution in [0.3, 0.4) is 0 Å². The van der Waals surface area contributed by atoms with Crippen LogP contribution < -0.4 is 10.4 Å². The van der Waals surface area contributed by atoms with E-state index in [0.717, 1.165) is 0 Å². The summed E-state index contributed by atoms with van der Waals surface area (Å²) >= 11 is 5.98. The lowest BCUT2D eigenvalue weighted by atomic mass is 10.2. The van der Waals surface area contributed by atoms with Gasteiger partial charge in [-0.2, -0.15) is 5.26 Å². The number of nitrogens with one attached hydrogen (secondary N) is 1. The number of hydrogen-bond donors (Lipinski definition) is 1. The fraction of sp³-hybridized carbons (Fsp3) is 0.125. The van der Waals surface area contributed by atoms with Crippen LogP contribution in [0.1, 0.15) is 12.5 Å². The summed E-state index contributed by atoms with van der Waals surface area (Å²) in [6, 6.07) is 12.2. The fourth-order valence-electron chi connectivity index (χ4n) is 2.38. The van der Waals surface area contributed by atoms with E-state index in [-0.39, 0.29) is 5.69 Å². The molecule has 0 saturated heterocycles. The number of fused-ring (bicyclic) bond motifs is 1. The number of H-pyrrole nitrogens is 1. The van der Waals surface area contributed by atoms with Gasteiger partial charge in [0.1, 0.15) is 11.3 Å². The maximum Gasteiger partial charge on any atom is 0.326 e. The smallest absolute Gasteiger partial charge is 0.326 e. The van der Waals surface area contributed by atoms with Gasteiger partial charge in [-0.25, -0.2) is 4.79 Å². The molecular formula is C16H12ClN3O2. The van der Waals surface area contributed by atoms with Crippen LogP contribution in [0.15, 0.2) is 41.2 Å². The van der Waals surface area contributed by atoms with Gasteiger partial charge >= 0.3 is 5.69 Å². The first-order chi connectivity index (χ1) is 10.6. The number of aromatic nitrogens is 2. The van der Waals surface area contributed by atoms with Gasteiger partial charge in [0.2, 0.25) is 0 Å². The molecule has 0 radical (unpaired) electrons. The predicted octanol–water partition coefficient (Wildman–Crippen LogP) is 3.67. The molecule has 0 aliphatic heterocycles. The van der Waals surface area contributed by atoms with E-state index in [9.17, 15) is 4.79 Å². The van der Waals surface area contributed by atoms with Crippen molar-refractivity contribution in [1.82, 2.24) is 9.55 Å². The number of nitrogens with zero attached hydrogens (tertiary/aromatic N) is 2. The van der Waals surface area contributed by atoms with E-state index >= 15 is 0 Å². The molecule has 3 rings (SSSR count). The van der Waals surface area contributed by atoms with E-state index in [4.69, 9.17) is 21.6 Å². The maximum atomic E-state index is 11.9. The molecule has 0 unspecified atom stereocenters. The molecule has 1 N–H and O–H groups in total. The predicted molar refractivity (Wildman–Crippen MR) is 84.5 cm³/mol. The second kappa shape index (κ2) is 5.58.